The van der Waals surface area contributed by atoms with Crippen molar-refractivity contribution in [3.8, 4) is 0 Å². The van der Waals surface area contributed by atoms with Gasteiger partial charge in [0.1, 0.15) is 0 Å². The Kier molecular flexibility index (Phi) is 9.64. The van der Waals surface area contributed by atoms with Crippen molar-refractivity contribution in [2.24, 2.45) is 4.99 Å². The number of nitrogens with zero attached hydrogens (tertiary/aromatic N) is 3. The first-order chi connectivity index (χ1) is 13.5. The highest BCUT2D eigenvalue weighted by atomic mass is 127. The maximum absolute atomic E-state index is 13.2. The normalized spacial score (nSPS) is 19.7. The van der Waals surface area contributed by atoms with Crippen LogP contribution in [0, 0.1) is 0 Å². The van der Waals surface area contributed by atoms with Crippen LogP contribution in [-0.2, 0) is 16.6 Å². The maximum atomic E-state index is 13.2. The fourth-order valence-electron chi connectivity index (χ4n) is 3.80. The van der Waals surface area contributed by atoms with Crippen LogP contribution >= 0.6 is 24.0 Å². The average molecular weight is 535 g/mol. The van der Waals surface area contributed by atoms with E-state index in [0.717, 1.165) is 31.2 Å². The molecular formula is C20H34IN5O2S. The number of hydrogen-bond donors (Lipinski definition) is 2. The first kappa shape index (κ1) is 24.4. The van der Waals surface area contributed by atoms with E-state index in [-0.39, 0.29) is 24.0 Å². The number of benzene rings is 1. The Morgan fingerprint density at radius 1 is 1.14 bits per heavy atom. The van der Waals surface area contributed by atoms with Crippen LogP contribution in [0.3, 0.4) is 0 Å². The predicted molar refractivity (Wildman–Crippen MR) is 128 cm³/mol. The molecule has 1 aromatic carbocycles. The molecule has 1 aliphatic carbocycles. The van der Waals surface area contributed by atoms with E-state index in [4.69, 9.17) is 0 Å². The van der Waals surface area contributed by atoms with E-state index >= 15 is 0 Å². The summed E-state index contributed by atoms with van der Waals surface area (Å²) in [5.41, 5.74) is 0.741. The summed E-state index contributed by atoms with van der Waals surface area (Å²) in [7, 11) is -1.48. The van der Waals surface area contributed by atoms with E-state index < -0.39 is 10.0 Å². The van der Waals surface area contributed by atoms with Crippen LogP contribution in [0.4, 0.5) is 0 Å². The summed E-state index contributed by atoms with van der Waals surface area (Å²) in [4.78, 5) is 7.21. The van der Waals surface area contributed by atoms with E-state index in [9.17, 15) is 8.42 Å². The first-order valence-electron chi connectivity index (χ1n) is 10.3. The lowest BCUT2D eigenvalue weighted by atomic mass is 10.2. The summed E-state index contributed by atoms with van der Waals surface area (Å²) in [5, 5.41) is 6.77. The minimum Gasteiger partial charge on any atom is -0.357 e. The molecule has 0 amide bonds. The molecule has 1 aliphatic heterocycles. The van der Waals surface area contributed by atoms with Crippen molar-refractivity contribution < 1.29 is 8.42 Å². The lowest BCUT2D eigenvalue weighted by molar-refractivity contribution is 0.222. The Labute approximate surface area is 192 Å². The van der Waals surface area contributed by atoms with Crippen molar-refractivity contribution in [2.45, 2.75) is 50.1 Å². The Bertz CT molecular complexity index is 773. The summed E-state index contributed by atoms with van der Waals surface area (Å²) in [6, 6.07) is 7.70. The lowest BCUT2D eigenvalue weighted by Gasteiger charge is -2.32. The highest BCUT2D eigenvalue weighted by molar-refractivity contribution is 14.0. The molecule has 1 saturated carbocycles. The second-order valence-electron chi connectivity index (χ2n) is 7.64. The zero-order valence-corrected chi connectivity index (χ0v) is 20.6. The molecule has 0 atom stereocenters. The number of aliphatic imine (C=N–C) groups is 1. The highest BCUT2D eigenvalue weighted by Gasteiger charge is 2.29. The number of guanidine groups is 1. The van der Waals surface area contributed by atoms with Gasteiger partial charge in [-0.25, -0.2) is 13.4 Å². The molecule has 0 spiro atoms. The van der Waals surface area contributed by atoms with E-state index in [1.54, 1.807) is 16.4 Å². The Hall–Kier alpha value is -0.910. The second-order valence-corrected chi connectivity index (χ2v) is 9.54. The molecule has 2 fully saturated rings. The Morgan fingerprint density at radius 3 is 2.45 bits per heavy atom. The monoisotopic (exact) mass is 535 g/mol. The molecule has 2 N–H and O–H groups in total. The van der Waals surface area contributed by atoms with Crippen LogP contribution in [0.1, 0.15) is 38.2 Å². The molecular weight excluding hydrogens is 501 g/mol. The van der Waals surface area contributed by atoms with Gasteiger partial charge in [0.15, 0.2) is 5.96 Å². The summed E-state index contributed by atoms with van der Waals surface area (Å²) >= 11 is 0. The third-order valence-corrected chi connectivity index (χ3v) is 7.50. The lowest BCUT2D eigenvalue weighted by Crippen LogP contribution is -2.47. The summed E-state index contributed by atoms with van der Waals surface area (Å²) < 4.78 is 28.0. The van der Waals surface area contributed by atoms with Gasteiger partial charge < -0.3 is 15.5 Å². The largest absolute Gasteiger partial charge is 0.357 e. The van der Waals surface area contributed by atoms with E-state index in [2.05, 4.69) is 20.5 Å². The molecule has 164 valence electrons. The topological polar surface area (TPSA) is 77.0 Å². The molecule has 7 nitrogen and oxygen atoms in total. The molecule has 0 bridgehead atoms. The van der Waals surface area contributed by atoms with Crippen LogP contribution in [-0.4, -0.2) is 69.4 Å². The molecule has 1 saturated heterocycles. The SMILES string of the molecule is CCNC(=NCc1ccccc1S(=O)(=O)N1CCN(C)CC1)NC1CCCC1.I. The third-order valence-electron chi connectivity index (χ3n) is 5.50. The third kappa shape index (κ3) is 6.53. The molecule has 9 heteroatoms. The minimum absolute atomic E-state index is 0. The van der Waals surface area contributed by atoms with Crippen LogP contribution in [0.5, 0.6) is 0 Å². The molecule has 0 unspecified atom stereocenters. The number of likely N-dealkylation sites (N-methyl/N-ethyl adjacent to an activating group) is 1. The molecule has 3 rings (SSSR count). The molecule has 2 aliphatic rings. The summed E-state index contributed by atoms with van der Waals surface area (Å²) in [6.45, 7) is 5.73. The van der Waals surface area contributed by atoms with Gasteiger partial charge in [-0.3, -0.25) is 0 Å². The second kappa shape index (κ2) is 11.5. The first-order valence-corrected chi connectivity index (χ1v) is 11.8. The van der Waals surface area contributed by atoms with Gasteiger partial charge in [-0.05, 0) is 38.4 Å². The van der Waals surface area contributed by atoms with Crippen molar-refractivity contribution in [3.63, 3.8) is 0 Å². The van der Waals surface area contributed by atoms with Gasteiger partial charge >= 0.3 is 0 Å². The van der Waals surface area contributed by atoms with Gasteiger partial charge in [-0.2, -0.15) is 4.31 Å². The van der Waals surface area contributed by atoms with Gasteiger partial charge in [0, 0.05) is 38.8 Å². The quantitative estimate of drug-likeness (QED) is 0.332. The molecule has 1 aromatic rings. The van der Waals surface area contributed by atoms with Gasteiger partial charge in [-0.15, -0.1) is 24.0 Å². The van der Waals surface area contributed by atoms with Crippen molar-refractivity contribution in [1.29, 1.82) is 0 Å². The van der Waals surface area contributed by atoms with E-state index in [1.807, 2.05) is 26.1 Å². The highest BCUT2D eigenvalue weighted by Crippen LogP contribution is 2.22. The number of nitrogens with one attached hydrogen (secondary N) is 2. The van der Waals surface area contributed by atoms with Crippen molar-refractivity contribution in [3.05, 3.63) is 29.8 Å². The smallest absolute Gasteiger partial charge is 0.243 e. The fraction of sp³-hybridized carbons (Fsp3) is 0.650. The van der Waals surface area contributed by atoms with Crippen LogP contribution in [0.25, 0.3) is 0 Å². The maximum Gasteiger partial charge on any atom is 0.243 e. The summed E-state index contributed by atoms with van der Waals surface area (Å²) in [6.07, 6.45) is 4.84. The van der Waals surface area contributed by atoms with Crippen LogP contribution in [0.15, 0.2) is 34.2 Å². The molecule has 29 heavy (non-hydrogen) atoms. The van der Waals surface area contributed by atoms with Crippen LogP contribution < -0.4 is 10.6 Å². The zero-order chi connectivity index (χ0) is 20.0. The van der Waals surface area contributed by atoms with Crippen molar-refractivity contribution in [2.75, 3.05) is 39.8 Å². The van der Waals surface area contributed by atoms with Gasteiger partial charge in [0.25, 0.3) is 0 Å². The number of halogens is 1. The van der Waals surface area contributed by atoms with Gasteiger partial charge in [-0.1, -0.05) is 31.0 Å². The fourth-order valence-corrected chi connectivity index (χ4v) is 5.44. The van der Waals surface area contributed by atoms with Gasteiger partial charge in [0.05, 0.1) is 11.4 Å². The Morgan fingerprint density at radius 2 is 1.79 bits per heavy atom. The number of sulfonamides is 1. The predicted octanol–water partition coefficient (Wildman–Crippen LogP) is 2.24. The van der Waals surface area contributed by atoms with Crippen molar-refractivity contribution in [1.82, 2.24) is 19.8 Å². The number of piperazine rings is 1. The summed E-state index contributed by atoms with van der Waals surface area (Å²) in [5.74, 6) is 0.765. The molecule has 1 heterocycles. The minimum atomic E-state index is -3.50. The average Bonchev–Trinajstić information content (AvgIpc) is 3.20. The number of hydrogen-bond acceptors (Lipinski definition) is 4. The molecule has 0 aromatic heterocycles. The van der Waals surface area contributed by atoms with Crippen molar-refractivity contribution >= 4 is 40.0 Å². The zero-order valence-electron chi connectivity index (χ0n) is 17.4. The van der Waals surface area contributed by atoms with Crippen LogP contribution in [0.2, 0.25) is 0 Å². The Balaban J connectivity index is 0.00000300. The number of rotatable bonds is 6. The molecule has 0 radical (unpaired) electrons. The standard InChI is InChI=1S/C20H33N5O2S.HI/c1-3-21-20(23-18-9-5-6-10-18)22-16-17-8-4-7-11-19(17)28(26,27)25-14-12-24(2)13-15-25;/h4,7-8,11,18H,3,5-6,9-10,12-16H2,1-2H3,(H2,21,22,23);1H. The van der Waals surface area contributed by atoms with Gasteiger partial charge in [0.2, 0.25) is 10.0 Å². The van der Waals surface area contributed by atoms with E-state index in [1.165, 1.54) is 25.7 Å². The van der Waals surface area contributed by atoms with E-state index in [0.29, 0.717) is 30.6 Å².